The zero-order valence-corrected chi connectivity index (χ0v) is 24.6. The lowest BCUT2D eigenvalue weighted by Crippen LogP contribution is -2.43. The molecule has 0 unspecified atom stereocenters. The summed E-state index contributed by atoms with van der Waals surface area (Å²) in [5, 5.41) is 7.05. The van der Waals surface area contributed by atoms with Crippen molar-refractivity contribution in [3.63, 3.8) is 0 Å². The fourth-order valence-electron chi connectivity index (χ4n) is 4.50. The molecule has 1 saturated heterocycles. The van der Waals surface area contributed by atoms with Crippen molar-refractivity contribution in [3.8, 4) is 22.9 Å². The van der Waals surface area contributed by atoms with Crippen molar-refractivity contribution in [2.75, 3.05) is 38.7 Å². The average molecular weight is 560 g/mol. The van der Waals surface area contributed by atoms with Crippen molar-refractivity contribution in [1.29, 1.82) is 0 Å². The molecule has 1 amide bonds. The van der Waals surface area contributed by atoms with Crippen molar-refractivity contribution >= 4 is 28.8 Å². The molecule has 3 aromatic rings. The molecule has 0 aliphatic carbocycles. The van der Waals surface area contributed by atoms with E-state index >= 15 is 0 Å². The van der Waals surface area contributed by atoms with Crippen LogP contribution < -0.4 is 25.8 Å². The van der Waals surface area contributed by atoms with Gasteiger partial charge in [-0.1, -0.05) is 12.1 Å². The largest absolute Gasteiger partial charge is 0.494 e. The van der Waals surface area contributed by atoms with Crippen molar-refractivity contribution < 1.29 is 14.3 Å². The Balaban J connectivity index is 1.62. The minimum atomic E-state index is -0.332. The molecule has 218 valence electrons. The molecule has 1 aliphatic heterocycles. The number of piperidine rings is 1. The van der Waals surface area contributed by atoms with Crippen molar-refractivity contribution in [2.45, 2.75) is 52.1 Å². The SMILES string of the molecule is CCOc1ccc2nc(-c3cccc(OCC(=O)NC(C)(C)C)c3)nc(NC(C=NC3CCN(C)CC3)=CN)c2c1. The highest BCUT2D eigenvalue weighted by Crippen LogP contribution is 2.30. The number of carbonyl (C=O) groups is 1. The van der Waals surface area contributed by atoms with Crippen LogP contribution in [0.1, 0.15) is 40.5 Å². The van der Waals surface area contributed by atoms with Gasteiger partial charge >= 0.3 is 0 Å². The van der Waals surface area contributed by atoms with E-state index in [-0.39, 0.29) is 24.1 Å². The van der Waals surface area contributed by atoms with Gasteiger partial charge in [-0.3, -0.25) is 9.79 Å². The number of nitrogens with two attached hydrogens (primary N) is 1. The Labute approximate surface area is 242 Å². The summed E-state index contributed by atoms with van der Waals surface area (Å²) in [5.74, 6) is 2.15. The van der Waals surface area contributed by atoms with Gasteiger partial charge in [0.25, 0.3) is 5.91 Å². The van der Waals surface area contributed by atoms with E-state index in [4.69, 9.17) is 30.2 Å². The Morgan fingerprint density at radius 3 is 2.59 bits per heavy atom. The molecule has 0 bridgehead atoms. The number of aliphatic imine (C=N–C) groups is 1. The van der Waals surface area contributed by atoms with Crippen LogP contribution >= 0.6 is 0 Å². The molecule has 1 aromatic heterocycles. The molecule has 4 N–H and O–H groups in total. The van der Waals surface area contributed by atoms with Gasteiger partial charge < -0.3 is 30.7 Å². The number of hydrogen-bond acceptors (Lipinski definition) is 9. The maximum Gasteiger partial charge on any atom is 0.258 e. The Morgan fingerprint density at radius 2 is 1.88 bits per heavy atom. The molecule has 10 nitrogen and oxygen atoms in total. The van der Waals surface area contributed by atoms with E-state index in [9.17, 15) is 4.79 Å². The van der Waals surface area contributed by atoms with Crippen molar-refractivity contribution in [3.05, 3.63) is 54.4 Å². The molecule has 1 aliphatic rings. The molecule has 4 rings (SSSR count). The van der Waals surface area contributed by atoms with E-state index in [1.165, 1.54) is 6.20 Å². The van der Waals surface area contributed by atoms with Crippen LogP contribution in [0, 0.1) is 0 Å². The molecular weight excluding hydrogens is 518 g/mol. The highest BCUT2D eigenvalue weighted by Gasteiger charge is 2.17. The Kier molecular flexibility index (Phi) is 9.78. The Morgan fingerprint density at radius 1 is 1.12 bits per heavy atom. The van der Waals surface area contributed by atoms with Crippen LogP contribution in [0.15, 0.2) is 59.4 Å². The lowest BCUT2D eigenvalue weighted by atomic mass is 10.1. The number of ether oxygens (including phenoxy) is 2. The average Bonchev–Trinajstić information content (AvgIpc) is 2.94. The van der Waals surface area contributed by atoms with Crippen molar-refractivity contribution in [1.82, 2.24) is 20.2 Å². The lowest BCUT2D eigenvalue weighted by Gasteiger charge is -2.26. The number of fused-ring (bicyclic) bond motifs is 1. The van der Waals surface area contributed by atoms with Gasteiger partial charge in [0.15, 0.2) is 12.4 Å². The summed E-state index contributed by atoms with van der Waals surface area (Å²) in [5.41, 5.74) is 7.79. The number of likely N-dealkylation sites (tertiary alicyclic amines) is 1. The van der Waals surface area contributed by atoms with Crippen LogP contribution in [0.25, 0.3) is 22.3 Å². The number of nitrogens with one attached hydrogen (secondary N) is 2. The monoisotopic (exact) mass is 559 g/mol. The Hall–Kier alpha value is -4.18. The zero-order valence-electron chi connectivity index (χ0n) is 24.6. The van der Waals surface area contributed by atoms with Gasteiger partial charge in [0.05, 0.1) is 23.9 Å². The maximum absolute atomic E-state index is 12.2. The number of nitrogens with zero attached hydrogens (tertiary/aromatic N) is 4. The molecule has 1 fully saturated rings. The highest BCUT2D eigenvalue weighted by atomic mass is 16.5. The third kappa shape index (κ3) is 8.65. The number of benzene rings is 2. The molecule has 0 atom stereocenters. The smallest absolute Gasteiger partial charge is 0.258 e. The summed E-state index contributed by atoms with van der Waals surface area (Å²) < 4.78 is 11.5. The summed E-state index contributed by atoms with van der Waals surface area (Å²) in [7, 11) is 2.13. The van der Waals surface area contributed by atoms with Gasteiger partial charge in [0, 0.05) is 28.9 Å². The van der Waals surface area contributed by atoms with Gasteiger partial charge in [-0.2, -0.15) is 0 Å². The highest BCUT2D eigenvalue weighted by molar-refractivity contribution is 5.95. The first kappa shape index (κ1) is 29.8. The first-order valence-electron chi connectivity index (χ1n) is 14.0. The van der Waals surface area contributed by atoms with E-state index in [0.29, 0.717) is 29.7 Å². The zero-order chi connectivity index (χ0) is 29.4. The normalized spacial score (nSPS) is 15.3. The fraction of sp³-hybridized carbons (Fsp3) is 0.419. The van der Waals surface area contributed by atoms with Crippen LogP contribution in [0.3, 0.4) is 0 Å². The van der Waals surface area contributed by atoms with Crippen LogP contribution in [0.2, 0.25) is 0 Å². The van der Waals surface area contributed by atoms with Gasteiger partial charge in [0.1, 0.15) is 17.3 Å². The molecule has 41 heavy (non-hydrogen) atoms. The number of rotatable bonds is 10. The van der Waals surface area contributed by atoms with Crippen LogP contribution in [-0.4, -0.2) is 71.9 Å². The molecule has 2 heterocycles. The maximum atomic E-state index is 12.2. The number of allylic oxidation sites excluding steroid dienone is 1. The summed E-state index contributed by atoms with van der Waals surface area (Å²) in [6, 6.07) is 13.4. The summed E-state index contributed by atoms with van der Waals surface area (Å²) in [6.07, 6.45) is 5.31. The topological polar surface area (TPSA) is 127 Å². The quantitative estimate of drug-likeness (QED) is 0.313. The Bertz CT molecular complexity index is 1410. The van der Waals surface area contributed by atoms with E-state index in [2.05, 4.69) is 22.6 Å². The first-order chi connectivity index (χ1) is 19.6. The lowest BCUT2D eigenvalue weighted by molar-refractivity contribution is -0.124. The second kappa shape index (κ2) is 13.5. The fourth-order valence-corrected chi connectivity index (χ4v) is 4.50. The van der Waals surface area contributed by atoms with Crippen LogP contribution in [0.5, 0.6) is 11.5 Å². The second-order valence-corrected chi connectivity index (χ2v) is 11.2. The third-order valence-electron chi connectivity index (χ3n) is 6.51. The molecule has 0 saturated carbocycles. The number of anilines is 1. The minimum absolute atomic E-state index is 0.0897. The summed E-state index contributed by atoms with van der Waals surface area (Å²) in [6.45, 7) is 10.2. The predicted molar refractivity (Wildman–Crippen MR) is 164 cm³/mol. The molecule has 10 heteroatoms. The first-order valence-corrected chi connectivity index (χ1v) is 14.0. The third-order valence-corrected chi connectivity index (χ3v) is 6.51. The minimum Gasteiger partial charge on any atom is -0.494 e. The molecular formula is C31H41N7O3. The van der Waals surface area contributed by atoms with E-state index in [0.717, 1.165) is 48.1 Å². The van der Waals surface area contributed by atoms with E-state index in [1.54, 1.807) is 12.3 Å². The predicted octanol–water partition coefficient (Wildman–Crippen LogP) is 4.37. The standard InChI is InChI=1S/C31H41N7O3/c1-6-40-25-10-11-27-26(17-25)30(34-23(18-32)19-33-22-12-14-38(5)15-13-22)36-29(35-27)21-8-7-9-24(16-21)41-20-28(39)37-31(2,3)4/h7-11,16-19,22H,6,12-15,20,32H2,1-5H3,(H,37,39)(H,34,35,36). The summed E-state index contributed by atoms with van der Waals surface area (Å²) in [4.78, 5) is 29.0. The van der Waals surface area contributed by atoms with Crippen molar-refractivity contribution in [2.24, 2.45) is 10.7 Å². The number of hydrogen-bond donors (Lipinski definition) is 3. The van der Waals surface area contributed by atoms with Gasteiger partial charge in [-0.05, 0) is 91.0 Å². The van der Waals surface area contributed by atoms with Gasteiger partial charge in [-0.25, -0.2) is 9.97 Å². The second-order valence-electron chi connectivity index (χ2n) is 11.2. The van der Waals surface area contributed by atoms with Gasteiger partial charge in [-0.15, -0.1) is 0 Å². The molecule has 0 spiro atoms. The summed E-state index contributed by atoms with van der Waals surface area (Å²) >= 11 is 0. The van der Waals surface area contributed by atoms with Crippen LogP contribution in [0.4, 0.5) is 5.82 Å². The number of carbonyl (C=O) groups excluding carboxylic acids is 1. The van der Waals surface area contributed by atoms with Crippen LogP contribution in [-0.2, 0) is 4.79 Å². The van der Waals surface area contributed by atoms with E-state index in [1.807, 2.05) is 64.1 Å². The molecule has 2 aromatic carbocycles. The van der Waals surface area contributed by atoms with Gasteiger partial charge in [0.2, 0.25) is 0 Å². The van der Waals surface area contributed by atoms with E-state index < -0.39 is 0 Å². The number of amides is 1. The number of aromatic nitrogens is 2. The molecule has 0 radical (unpaired) electrons.